The lowest BCUT2D eigenvalue weighted by Crippen LogP contribution is -2.40. The van der Waals surface area contributed by atoms with E-state index in [1.165, 1.54) is 22.5 Å². The number of hydrogen-bond donors (Lipinski definition) is 2. The van der Waals surface area contributed by atoms with Gasteiger partial charge in [-0.2, -0.15) is 4.31 Å². The molecular formula is C24H27N3O6S. The Morgan fingerprint density at radius 1 is 1.03 bits per heavy atom. The van der Waals surface area contributed by atoms with Crippen LogP contribution in [0.4, 0.5) is 0 Å². The van der Waals surface area contributed by atoms with Gasteiger partial charge in [0.05, 0.1) is 29.0 Å². The predicted octanol–water partition coefficient (Wildman–Crippen LogP) is 2.35. The number of esters is 1. The number of aromatic nitrogens is 2. The maximum atomic E-state index is 13.3. The van der Waals surface area contributed by atoms with Crippen LogP contribution in [0, 0.1) is 5.92 Å². The maximum Gasteiger partial charge on any atom is 0.314 e. The van der Waals surface area contributed by atoms with Crippen LogP contribution in [0.2, 0.25) is 0 Å². The van der Waals surface area contributed by atoms with Gasteiger partial charge < -0.3 is 14.7 Å². The number of carbonyl (C=O) groups excluding carboxylic acids is 1. The molecule has 1 aliphatic heterocycles. The van der Waals surface area contributed by atoms with Crippen molar-refractivity contribution >= 4 is 27.0 Å². The fourth-order valence-corrected chi connectivity index (χ4v) is 6.07. The van der Waals surface area contributed by atoms with E-state index < -0.39 is 21.1 Å². The molecule has 180 valence electrons. The number of rotatable bonds is 7. The number of nitrogens with zero attached hydrogens (tertiary/aromatic N) is 1. The van der Waals surface area contributed by atoms with Gasteiger partial charge in [0.1, 0.15) is 0 Å². The average Bonchev–Trinajstić information content (AvgIpc) is 2.84. The summed E-state index contributed by atoms with van der Waals surface area (Å²) in [6.45, 7) is 2.74. The number of aromatic amines is 2. The van der Waals surface area contributed by atoms with Crippen LogP contribution in [0.1, 0.15) is 37.7 Å². The Labute approximate surface area is 196 Å². The van der Waals surface area contributed by atoms with Crippen molar-refractivity contribution in [1.82, 2.24) is 14.3 Å². The van der Waals surface area contributed by atoms with E-state index >= 15 is 0 Å². The Bertz CT molecular complexity index is 1390. The van der Waals surface area contributed by atoms with E-state index in [9.17, 15) is 22.8 Å². The van der Waals surface area contributed by atoms with E-state index in [1.54, 1.807) is 6.92 Å². The third kappa shape index (κ3) is 4.97. The quantitative estimate of drug-likeness (QED) is 0.390. The monoisotopic (exact) mass is 485 g/mol. The van der Waals surface area contributed by atoms with E-state index in [0.29, 0.717) is 38.1 Å². The Morgan fingerprint density at radius 2 is 1.68 bits per heavy atom. The summed E-state index contributed by atoms with van der Waals surface area (Å²) in [4.78, 5) is 40.3. The molecule has 0 spiro atoms. The Hall–Kier alpha value is -3.24. The summed E-state index contributed by atoms with van der Waals surface area (Å²) in [5.74, 6) is -0.168. The van der Waals surface area contributed by atoms with Gasteiger partial charge in [-0.15, -0.1) is 0 Å². The van der Waals surface area contributed by atoms with Crippen molar-refractivity contribution < 1.29 is 17.9 Å². The lowest BCUT2D eigenvalue weighted by molar-refractivity contribution is -0.144. The van der Waals surface area contributed by atoms with Gasteiger partial charge in [-0.25, -0.2) is 8.42 Å². The van der Waals surface area contributed by atoms with Gasteiger partial charge in [-0.05, 0) is 55.4 Å². The Morgan fingerprint density at radius 3 is 2.32 bits per heavy atom. The third-order valence-corrected chi connectivity index (χ3v) is 8.21. The molecule has 2 N–H and O–H groups in total. The Kier molecular flexibility index (Phi) is 6.99. The summed E-state index contributed by atoms with van der Waals surface area (Å²) in [5.41, 5.74) is 0.0211. The number of piperidine rings is 1. The SMILES string of the molecule is CCOC(=O)C[C@H](c1ccccc1)C1CCN(S(=O)(=O)c2ccc3[nH]c(=O)c(=O)[nH]c3c2)CC1. The highest BCUT2D eigenvalue weighted by atomic mass is 32.2. The molecule has 1 aliphatic rings. The largest absolute Gasteiger partial charge is 0.466 e. The van der Waals surface area contributed by atoms with Crippen molar-refractivity contribution in [2.45, 2.75) is 37.0 Å². The summed E-state index contributed by atoms with van der Waals surface area (Å²) < 4.78 is 33.2. The number of nitrogens with one attached hydrogen (secondary N) is 2. The normalized spacial score (nSPS) is 16.4. The number of H-pyrrole nitrogens is 2. The fourth-order valence-electron chi connectivity index (χ4n) is 4.58. The van der Waals surface area contributed by atoms with Crippen LogP contribution >= 0.6 is 0 Å². The van der Waals surface area contributed by atoms with Crippen molar-refractivity contribution in [1.29, 1.82) is 0 Å². The zero-order valence-corrected chi connectivity index (χ0v) is 19.6. The average molecular weight is 486 g/mol. The molecule has 0 saturated carbocycles. The molecule has 0 radical (unpaired) electrons. The molecule has 3 aromatic rings. The van der Waals surface area contributed by atoms with Crippen molar-refractivity contribution in [3.05, 3.63) is 74.8 Å². The van der Waals surface area contributed by atoms with Crippen molar-refractivity contribution in [3.63, 3.8) is 0 Å². The van der Waals surface area contributed by atoms with Gasteiger partial charge in [0.15, 0.2) is 0 Å². The highest BCUT2D eigenvalue weighted by Gasteiger charge is 2.34. The van der Waals surface area contributed by atoms with Gasteiger partial charge in [-0.3, -0.25) is 14.4 Å². The first kappa shape index (κ1) is 23.9. The summed E-state index contributed by atoms with van der Waals surface area (Å²) in [7, 11) is -3.79. The highest BCUT2D eigenvalue weighted by Crippen LogP contribution is 2.37. The first-order valence-corrected chi connectivity index (χ1v) is 12.7. The van der Waals surface area contributed by atoms with Gasteiger partial charge in [0, 0.05) is 13.1 Å². The molecule has 10 heteroatoms. The number of hydrogen-bond acceptors (Lipinski definition) is 6. The predicted molar refractivity (Wildman–Crippen MR) is 127 cm³/mol. The zero-order chi connectivity index (χ0) is 24.3. The number of carbonyl (C=O) groups is 1. The molecule has 34 heavy (non-hydrogen) atoms. The molecular weight excluding hydrogens is 458 g/mol. The van der Waals surface area contributed by atoms with E-state index in [0.717, 1.165) is 5.56 Å². The minimum Gasteiger partial charge on any atom is -0.466 e. The van der Waals surface area contributed by atoms with Crippen LogP contribution < -0.4 is 11.1 Å². The molecule has 1 fully saturated rings. The lowest BCUT2D eigenvalue weighted by atomic mass is 9.78. The number of ether oxygens (including phenoxy) is 1. The Balaban J connectivity index is 1.53. The minimum atomic E-state index is -3.79. The third-order valence-electron chi connectivity index (χ3n) is 6.32. The molecule has 1 atom stereocenters. The molecule has 0 bridgehead atoms. The van der Waals surface area contributed by atoms with Crippen LogP contribution in [0.25, 0.3) is 11.0 Å². The highest BCUT2D eigenvalue weighted by molar-refractivity contribution is 7.89. The standard InChI is InChI=1S/C24H27N3O6S/c1-2-33-22(28)15-19(16-6-4-3-5-7-16)17-10-12-27(13-11-17)34(31,32)18-8-9-20-21(14-18)26-24(30)23(29)25-20/h3-9,14,17,19H,2,10-13,15H2,1H3,(H,25,29)(H,26,30)/t19-/m1/s1. The van der Waals surface area contributed by atoms with E-state index in [1.807, 2.05) is 30.3 Å². The molecule has 1 aromatic heterocycles. The van der Waals surface area contributed by atoms with Crippen LogP contribution in [0.15, 0.2) is 63.0 Å². The van der Waals surface area contributed by atoms with Crippen LogP contribution in [-0.2, 0) is 19.6 Å². The first-order valence-electron chi connectivity index (χ1n) is 11.3. The van der Waals surface area contributed by atoms with Crippen molar-refractivity contribution in [3.8, 4) is 0 Å². The second-order valence-electron chi connectivity index (χ2n) is 8.38. The molecule has 2 heterocycles. The molecule has 0 aliphatic carbocycles. The number of sulfonamides is 1. The second-order valence-corrected chi connectivity index (χ2v) is 10.3. The zero-order valence-electron chi connectivity index (χ0n) is 18.8. The molecule has 0 amide bonds. The van der Waals surface area contributed by atoms with Crippen LogP contribution in [0.3, 0.4) is 0 Å². The van der Waals surface area contributed by atoms with Gasteiger partial charge in [0.25, 0.3) is 0 Å². The maximum absolute atomic E-state index is 13.3. The van der Waals surface area contributed by atoms with E-state index in [4.69, 9.17) is 4.74 Å². The van der Waals surface area contributed by atoms with Crippen molar-refractivity contribution in [2.75, 3.05) is 19.7 Å². The first-order chi connectivity index (χ1) is 16.3. The molecule has 1 saturated heterocycles. The van der Waals surface area contributed by atoms with Gasteiger partial charge >= 0.3 is 17.1 Å². The summed E-state index contributed by atoms with van der Waals surface area (Å²) in [5, 5.41) is 0. The molecule has 0 unspecified atom stereocenters. The number of benzene rings is 2. The lowest BCUT2D eigenvalue weighted by Gasteiger charge is -2.35. The van der Waals surface area contributed by atoms with Gasteiger partial charge in [0.2, 0.25) is 10.0 Å². The van der Waals surface area contributed by atoms with Crippen LogP contribution in [0.5, 0.6) is 0 Å². The smallest absolute Gasteiger partial charge is 0.314 e. The second kappa shape index (κ2) is 9.94. The van der Waals surface area contributed by atoms with E-state index in [2.05, 4.69) is 9.97 Å². The topological polar surface area (TPSA) is 129 Å². The summed E-state index contributed by atoms with van der Waals surface area (Å²) in [6.07, 6.45) is 1.47. The molecule has 4 rings (SSSR count). The summed E-state index contributed by atoms with van der Waals surface area (Å²) >= 11 is 0. The van der Waals surface area contributed by atoms with Crippen molar-refractivity contribution in [2.24, 2.45) is 5.92 Å². The molecule has 9 nitrogen and oxygen atoms in total. The fraction of sp³-hybridized carbons (Fsp3) is 0.375. The number of fused-ring (bicyclic) bond motifs is 1. The minimum absolute atomic E-state index is 0.0484. The summed E-state index contributed by atoms with van der Waals surface area (Å²) in [6, 6.07) is 14.0. The van der Waals surface area contributed by atoms with Crippen LogP contribution in [-0.4, -0.2) is 48.4 Å². The van der Waals surface area contributed by atoms with Gasteiger partial charge in [-0.1, -0.05) is 30.3 Å². The molecule has 2 aromatic carbocycles. The van der Waals surface area contributed by atoms with E-state index in [-0.39, 0.29) is 34.6 Å².